The average Bonchev–Trinajstić information content (AvgIpc) is 2.59. The van der Waals surface area contributed by atoms with Crippen LogP contribution in [0.15, 0.2) is 30.5 Å². The summed E-state index contributed by atoms with van der Waals surface area (Å²) in [6, 6.07) is 7.37. The number of hydrogen-bond donors (Lipinski definition) is 2. The second kappa shape index (κ2) is 4.47. The van der Waals surface area contributed by atoms with Crippen LogP contribution < -0.4 is 11.5 Å². The van der Waals surface area contributed by atoms with E-state index in [4.69, 9.17) is 23.1 Å². The monoisotopic (exact) mass is 250 g/mol. The Hall–Kier alpha value is -2.01. The van der Waals surface area contributed by atoms with E-state index in [1.807, 2.05) is 18.2 Å². The third-order valence-corrected chi connectivity index (χ3v) is 2.52. The molecule has 0 aliphatic carbocycles. The zero-order valence-corrected chi connectivity index (χ0v) is 9.69. The number of halogens is 1. The molecule has 0 aliphatic rings. The zero-order valence-electron chi connectivity index (χ0n) is 8.93. The smallest absolute Gasteiger partial charge is 0.254 e. The molecule has 0 unspecified atom stereocenters. The van der Waals surface area contributed by atoms with Crippen molar-refractivity contribution in [3.05, 3.63) is 46.6 Å². The highest BCUT2D eigenvalue weighted by molar-refractivity contribution is 6.30. The van der Waals surface area contributed by atoms with Gasteiger partial charge in [0, 0.05) is 11.2 Å². The number of anilines is 1. The van der Waals surface area contributed by atoms with Crippen LogP contribution in [0.5, 0.6) is 0 Å². The number of nitrogen functional groups attached to an aromatic ring is 1. The highest BCUT2D eigenvalue weighted by Crippen LogP contribution is 2.13. The van der Waals surface area contributed by atoms with E-state index in [2.05, 4.69) is 5.10 Å². The van der Waals surface area contributed by atoms with Crippen LogP contribution in [0.3, 0.4) is 0 Å². The van der Waals surface area contributed by atoms with Gasteiger partial charge in [-0.25, -0.2) is 0 Å². The van der Waals surface area contributed by atoms with Gasteiger partial charge in [0.2, 0.25) is 0 Å². The average molecular weight is 251 g/mol. The molecule has 0 saturated carbocycles. The number of aromatic nitrogens is 2. The van der Waals surface area contributed by atoms with Crippen molar-refractivity contribution in [1.29, 1.82) is 0 Å². The van der Waals surface area contributed by atoms with Crippen molar-refractivity contribution in [3.63, 3.8) is 0 Å². The molecule has 1 heterocycles. The molecular formula is C11H11ClN4O. The normalized spacial score (nSPS) is 10.4. The molecule has 1 aromatic carbocycles. The summed E-state index contributed by atoms with van der Waals surface area (Å²) in [6.07, 6.45) is 1.53. The first-order valence-electron chi connectivity index (χ1n) is 4.93. The van der Waals surface area contributed by atoms with Gasteiger partial charge in [-0.3, -0.25) is 9.48 Å². The molecule has 0 saturated heterocycles. The maximum Gasteiger partial charge on any atom is 0.254 e. The second-order valence-corrected chi connectivity index (χ2v) is 4.06. The Balaban J connectivity index is 2.25. The molecule has 0 fully saturated rings. The number of nitrogens with zero attached hydrogens (tertiary/aromatic N) is 2. The summed E-state index contributed by atoms with van der Waals surface area (Å²) in [4.78, 5) is 11.0. The molecule has 0 bridgehead atoms. The van der Waals surface area contributed by atoms with Gasteiger partial charge in [-0.1, -0.05) is 23.7 Å². The van der Waals surface area contributed by atoms with E-state index in [0.717, 1.165) is 5.56 Å². The topological polar surface area (TPSA) is 86.9 Å². The third kappa shape index (κ3) is 2.57. The number of amides is 1. The largest absolute Gasteiger partial charge is 0.382 e. The Morgan fingerprint density at radius 3 is 2.82 bits per heavy atom. The Bertz CT molecular complexity index is 564. The lowest BCUT2D eigenvalue weighted by Gasteiger charge is -2.01. The first kappa shape index (κ1) is 11.5. The summed E-state index contributed by atoms with van der Waals surface area (Å²) < 4.78 is 1.56. The van der Waals surface area contributed by atoms with Gasteiger partial charge < -0.3 is 11.5 Å². The summed E-state index contributed by atoms with van der Waals surface area (Å²) in [5.41, 5.74) is 11.9. The number of nitrogens with two attached hydrogens (primary N) is 2. The number of hydrogen-bond acceptors (Lipinski definition) is 3. The molecular weight excluding hydrogens is 240 g/mol. The second-order valence-electron chi connectivity index (χ2n) is 3.62. The van der Waals surface area contributed by atoms with Gasteiger partial charge >= 0.3 is 0 Å². The van der Waals surface area contributed by atoms with Crippen LogP contribution in [0.4, 0.5) is 5.82 Å². The minimum absolute atomic E-state index is 0.138. The number of benzene rings is 1. The van der Waals surface area contributed by atoms with Crippen molar-refractivity contribution in [2.75, 3.05) is 5.73 Å². The molecule has 4 N–H and O–H groups in total. The van der Waals surface area contributed by atoms with Crippen LogP contribution >= 0.6 is 11.6 Å². The number of rotatable bonds is 3. The maximum atomic E-state index is 11.0. The SMILES string of the molecule is NC(=O)c1cn(Cc2cccc(Cl)c2)nc1N. The quantitative estimate of drug-likeness (QED) is 0.860. The molecule has 6 heteroatoms. The zero-order chi connectivity index (χ0) is 12.4. The standard InChI is InChI=1S/C11H11ClN4O/c12-8-3-1-2-7(4-8)5-16-6-9(11(14)17)10(13)15-16/h1-4,6H,5H2,(H2,13,15)(H2,14,17). The fourth-order valence-electron chi connectivity index (χ4n) is 1.53. The Morgan fingerprint density at radius 2 is 2.24 bits per heavy atom. The van der Waals surface area contributed by atoms with Gasteiger partial charge in [0.25, 0.3) is 5.91 Å². The lowest BCUT2D eigenvalue weighted by atomic mass is 10.2. The van der Waals surface area contributed by atoms with Gasteiger partial charge in [0.15, 0.2) is 5.82 Å². The van der Waals surface area contributed by atoms with Crippen LogP contribution in [0.25, 0.3) is 0 Å². The molecule has 2 rings (SSSR count). The van der Waals surface area contributed by atoms with Gasteiger partial charge in [-0.15, -0.1) is 0 Å². The molecule has 1 amide bonds. The molecule has 2 aromatic rings. The van der Waals surface area contributed by atoms with Gasteiger partial charge in [-0.05, 0) is 17.7 Å². The van der Waals surface area contributed by atoms with Crippen LogP contribution in [0.1, 0.15) is 15.9 Å². The lowest BCUT2D eigenvalue weighted by molar-refractivity contribution is 0.100. The predicted octanol–water partition coefficient (Wildman–Crippen LogP) is 1.27. The highest BCUT2D eigenvalue weighted by Gasteiger charge is 2.10. The number of carbonyl (C=O) groups excluding carboxylic acids is 1. The highest BCUT2D eigenvalue weighted by atomic mass is 35.5. The van der Waals surface area contributed by atoms with E-state index >= 15 is 0 Å². The van der Waals surface area contributed by atoms with E-state index in [1.54, 1.807) is 10.7 Å². The molecule has 0 aliphatic heterocycles. The van der Waals surface area contributed by atoms with Gasteiger partial charge in [0.1, 0.15) is 5.56 Å². The molecule has 0 spiro atoms. The first-order valence-corrected chi connectivity index (χ1v) is 5.31. The summed E-state index contributed by atoms with van der Waals surface area (Å²) >= 11 is 5.87. The third-order valence-electron chi connectivity index (χ3n) is 2.29. The molecule has 0 radical (unpaired) electrons. The summed E-state index contributed by atoms with van der Waals surface area (Å²) in [5, 5.41) is 4.66. The molecule has 5 nitrogen and oxygen atoms in total. The van der Waals surface area contributed by atoms with Crippen molar-refractivity contribution in [1.82, 2.24) is 9.78 Å². The van der Waals surface area contributed by atoms with Gasteiger partial charge in [0.05, 0.1) is 6.54 Å². The molecule has 0 atom stereocenters. The number of carbonyl (C=O) groups is 1. The van der Waals surface area contributed by atoms with Crippen molar-refractivity contribution in [2.45, 2.75) is 6.54 Å². The maximum absolute atomic E-state index is 11.0. The first-order chi connectivity index (χ1) is 8.06. The van der Waals surface area contributed by atoms with Crippen molar-refractivity contribution in [3.8, 4) is 0 Å². The summed E-state index contributed by atoms with van der Waals surface area (Å²) in [6.45, 7) is 0.484. The van der Waals surface area contributed by atoms with Crippen LogP contribution in [0, 0.1) is 0 Å². The lowest BCUT2D eigenvalue weighted by Crippen LogP contribution is -2.11. The summed E-state index contributed by atoms with van der Waals surface area (Å²) in [5.74, 6) is -0.445. The molecule has 17 heavy (non-hydrogen) atoms. The Kier molecular flexibility index (Phi) is 3.01. The van der Waals surface area contributed by atoms with Gasteiger partial charge in [-0.2, -0.15) is 5.10 Å². The fourth-order valence-corrected chi connectivity index (χ4v) is 1.74. The van der Waals surface area contributed by atoms with Crippen molar-refractivity contribution in [2.24, 2.45) is 5.73 Å². The van der Waals surface area contributed by atoms with E-state index in [-0.39, 0.29) is 11.4 Å². The van der Waals surface area contributed by atoms with E-state index < -0.39 is 5.91 Å². The molecule has 1 aromatic heterocycles. The van der Waals surface area contributed by atoms with Crippen molar-refractivity contribution < 1.29 is 4.79 Å². The van der Waals surface area contributed by atoms with Crippen LogP contribution in [0.2, 0.25) is 5.02 Å². The van der Waals surface area contributed by atoms with Crippen molar-refractivity contribution >= 4 is 23.3 Å². The predicted molar refractivity (Wildman–Crippen MR) is 65.7 cm³/mol. The van der Waals surface area contributed by atoms with E-state index in [0.29, 0.717) is 11.6 Å². The van der Waals surface area contributed by atoms with Crippen LogP contribution in [-0.2, 0) is 6.54 Å². The minimum Gasteiger partial charge on any atom is -0.382 e. The fraction of sp³-hybridized carbons (Fsp3) is 0.0909. The van der Waals surface area contributed by atoms with Crippen LogP contribution in [-0.4, -0.2) is 15.7 Å². The van der Waals surface area contributed by atoms with E-state index in [9.17, 15) is 4.79 Å². The Morgan fingerprint density at radius 1 is 1.47 bits per heavy atom. The minimum atomic E-state index is -0.583. The Labute approximate surface area is 103 Å². The summed E-state index contributed by atoms with van der Waals surface area (Å²) in [7, 11) is 0. The molecule has 88 valence electrons. The number of primary amides is 1. The van der Waals surface area contributed by atoms with E-state index in [1.165, 1.54) is 6.20 Å².